The van der Waals surface area contributed by atoms with E-state index in [0.717, 1.165) is 0 Å². The highest BCUT2D eigenvalue weighted by Crippen LogP contribution is 2.50. The highest BCUT2D eigenvalue weighted by atomic mass is 35.5. The fraction of sp³-hybridized carbons (Fsp3) is 0.222. The van der Waals surface area contributed by atoms with Gasteiger partial charge < -0.3 is 15.2 Å². The number of phenolic OH excluding ortho intramolecular Hbond substituents is 1. The number of fused-ring (bicyclic) bond motifs is 1. The second kappa shape index (κ2) is 4.59. The number of benzene rings is 1. The number of rotatable bonds is 2. The van der Waals surface area contributed by atoms with Crippen LogP contribution in [0.5, 0.6) is 11.5 Å². The molecule has 0 aliphatic carbocycles. The van der Waals surface area contributed by atoms with Crippen molar-refractivity contribution in [1.82, 2.24) is 20.6 Å². The van der Waals surface area contributed by atoms with Crippen molar-refractivity contribution in [3.63, 3.8) is 0 Å². The number of halogens is 3. The lowest BCUT2D eigenvalue weighted by Crippen LogP contribution is -2.24. The van der Waals surface area contributed by atoms with Gasteiger partial charge in [-0.05, 0) is 5.21 Å². The molecule has 2 heterocycles. The number of ether oxygens (including phenoxy) is 1. The van der Waals surface area contributed by atoms with Crippen molar-refractivity contribution in [3.05, 3.63) is 20.6 Å². The summed E-state index contributed by atoms with van der Waals surface area (Å²) in [5, 5.41) is 26.0. The van der Waals surface area contributed by atoms with E-state index < -0.39 is 6.23 Å². The van der Waals surface area contributed by atoms with Crippen molar-refractivity contribution in [2.75, 3.05) is 5.32 Å². The Kier molecular flexibility index (Phi) is 3.04. The van der Waals surface area contributed by atoms with Crippen molar-refractivity contribution in [3.8, 4) is 11.5 Å². The summed E-state index contributed by atoms with van der Waals surface area (Å²) in [6.07, 6.45) is -0.0897. The second-order valence-corrected chi connectivity index (χ2v) is 4.92. The van der Waals surface area contributed by atoms with Gasteiger partial charge in [0, 0.05) is 12.0 Å². The quantitative estimate of drug-likeness (QED) is 0.734. The number of phenols is 1. The zero-order chi connectivity index (χ0) is 13.6. The van der Waals surface area contributed by atoms with E-state index in [1.54, 1.807) is 0 Å². The number of hydrogen-bond acceptors (Lipinski definition) is 6. The van der Waals surface area contributed by atoms with Crippen LogP contribution in [-0.2, 0) is 6.42 Å². The first-order valence-electron chi connectivity index (χ1n) is 5.13. The highest BCUT2D eigenvalue weighted by molar-refractivity contribution is 6.46. The molecule has 0 bridgehead atoms. The van der Waals surface area contributed by atoms with Gasteiger partial charge in [0.15, 0.2) is 12.0 Å². The molecular formula is C9H6Cl3N5O2. The van der Waals surface area contributed by atoms with Gasteiger partial charge in [0.05, 0.1) is 5.02 Å². The van der Waals surface area contributed by atoms with Crippen LogP contribution >= 0.6 is 34.8 Å². The fourth-order valence-corrected chi connectivity index (χ4v) is 2.53. The molecule has 0 amide bonds. The Labute approximate surface area is 121 Å². The smallest absolute Gasteiger partial charge is 0.266 e. The monoisotopic (exact) mass is 321 g/mol. The molecule has 100 valence electrons. The van der Waals surface area contributed by atoms with Gasteiger partial charge in [0.25, 0.3) is 5.95 Å². The molecule has 1 aromatic carbocycles. The van der Waals surface area contributed by atoms with E-state index in [1.165, 1.54) is 0 Å². The van der Waals surface area contributed by atoms with Crippen LogP contribution in [-0.4, -0.2) is 32.0 Å². The van der Waals surface area contributed by atoms with E-state index in [1.807, 2.05) is 0 Å². The van der Waals surface area contributed by atoms with Crippen LogP contribution < -0.4 is 10.1 Å². The number of hydrogen-bond donors (Lipinski definition) is 3. The predicted octanol–water partition coefficient (Wildman–Crippen LogP) is 2.24. The van der Waals surface area contributed by atoms with Crippen molar-refractivity contribution < 1.29 is 9.84 Å². The van der Waals surface area contributed by atoms with Gasteiger partial charge in [-0.15, -0.1) is 5.10 Å². The van der Waals surface area contributed by atoms with E-state index in [2.05, 4.69) is 25.9 Å². The molecule has 19 heavy (non-hydrogen) atoms. The molecule has 1 atom stereocenters. The SMILES string of the molecule is Oc1c(Cl)c(Cl)c2c(c1Cl)CC(Nc1nn[nH]n1)O2. The van der Waals surface area contributed by atoms with Gasteiger partial charge in [-0.1, -0.05) is 39.9 Å². The van der Waals surface area contributed by atoms with Gasteiger partial charge in [-0.3, -0.25) is 0 Å². The number of nitrogens with one attached hydrogen (secondary N) is 2. The number of H-pyrrole nitrogens is 1. The molecular weight excluding hydrogens is 316 g/mol. The first-order valence-corrected chi connectivity index (χ1v) is 6.26. The molecule has 1 aliphatic rings. The van der Waals surface area contributed by atoms with Crippen LogP contribution in [0.4, 0.5) is 5.95 Å². The Morgan fingerprint density at radius 2 is 2.05 bits per heavy atom. The highest BCUT2D eigenvalue weighted by Gasteiger charge is 2.32. The van der Waals surface area contributed by atoms with Crippen molar-refractivity contribution in [2.24, 2.45) is 0 Å². The number of nitrogens with zero attached hydrogens (tertiary/aromatic N) is 3. The Balaban J connectivity index is 1.92. The maximum Gasteiger partial charge on any atom is 0.266 e. The lowest BCUT2D eigenvalue weighted by Gasteiger charge is -2.11. The molecule has 10 heteroatoms. The molecule has 1 aliphatic heterocycles. The van der Waals surface area contributed by atoms with Crippen LogP contribution in [0.2, 0.25) is 15.1 Å². The molecule has 0 spiro atoms. The molecule has 0 saturated heterocycles. The van der Waals surface area contributed by atoms with E-state index in [0.29, 0.717) is 17.7 Å². The third-order valence-corrected chi connectivity index (χ3v) is 3.86. The molecule has 2 aromatic rings. The standard InChI is InChI=1S/C9H6Cl3N5O2/c10-4-2-1-3(13-9-14-16-17-15-9)19-8(2)6(12)5(11)7(4)18/h3,18H,1H2,(H2,13,14,15,16,17). The number of aromatic hydroxyl groups is 1. The molecule has 1 aromatic heterocycles. The van der Waals surface area contributed by atoms with E-state index in [9.17, 15) is 5.11 Å². The summed E-state index contributed by atoms with van der Waals surface area (Å²) < 4.78 is 5.58. The number of aromatic nitrogens is 4. The molecule has 0 saturated carbocycles. The largest absolute Gasteiger partial charge is 0.505 e. The van der Waals surface area contributed by atoms with E-state index in [-0.39, 0.29) is 26.8 Å². The lowest BCUT2D eigenvalue weighted by molar-refractivity contribution is 0.262. The van der Waals surface area contributed by atoms with Crippen LogP contribution in [0.3, 0.4) is 0 Å². The van der Waals surface area contributed by atoms with Gasteiger partial charge in [-0.2, -0.15) is 5.21 Å². The minimum absolute atomic E-state index is 0.0365. The van der Waals surface area contributed by atoms with Crippen molar-refractivity contribution in [1.29, 1.82) is 0 Å². The Hall–Kier alpha value is -1.44. The second-order valence-electron chi connectivity index (χ2n) is 3.79. The molecule has 0 fully saturated rings. The average molecular weight is 323 g/mol. The Bertz CT molecular complexity index is 597. The number of anilines is 1. The molecule has 7 nitrogen and oxygen atoms in total. The summed E-state index contributed by atoms with van der Waals surface area (Å²) in [6, 6.07) is 0. The van der Waals surface area contributed by atoms with Crippen molar-refractivity contribution >= 4 is 40.8 Å². The molecule has 1 unspecified atom stereocenters. The van der Waals surface area contributed by atoms with Crippen molar-refractivity contribution in [2.45, 2.75) is 12.6 Å². The Morgan fingerprint density at radius 3 is 2.74 bits per heavy atom. The van der Waals surface area contributed by atoms with E-state index >= 15 is 0 Å². The number of tetrazole rings is 1. The summed E-state index contributed by atoms with van der Waals surface area (Å²) in [7, 11) is 0. The average Bonchev–Trinajstić information content (AvgIpc) is 3.04. The van der Waals surface area contributed by atoms with Gasteiger partial charge in [-0.25, -0.2) is 0 Å². The predicted molar refractivity (Wildman–Crippen MR) is 69.1 cm³/mol. The summed E-state index contributed by atoms with van der Waals surface area (Å²) in [5.74, 6) is 0.367. The summed E-state index contributed by atoms with van der Waals surface area (Å²) in [4.78, 5) is 0. The maximum atomic E-state index is 9.73. The third kappa shape index (κ3) is 2.03. The molecule has 3 N–H and O–H groups in total. The van der Waals surface area contributed by atoms with Crippen LogP contribution in [0.25, 0.3) is 0 Å². The van der Waals surface area contributed by atoms with Gasteiger partial charge in [0.2, 0.25) is 0 Å². The molecule has 3 rings (SSSR count). The first kappa shape index (κ1) is 12.6. The lowest BCUT2D eigenvalue weighted by atomic mass is 10.1. The minimum Gasteiger partial charge on any atom is -0.505 e. The maximum absolute atomic E-state index is 9.73. The van der Waals surface area contributed by atoms with Crippen LogP contribution in [0.15, 0.2) is 0 Å². The minimum atomic E-state index is -0.472. The van der Waals surface area contributed by atoms with Crippen LogP contribution in [0.1, 0.15) is 5.56 Å². The van der Waals surface area contributed by atoms with Gasteiger partial charge >= 0.3 is 0 Å². The van der Waals surface area contributed by atoms with Gasteiger partial charge in [0.1, 0.15) is 15.8 Å². The Morgan fingerprint density at radius 1 is 1.26 bits per heavy atom. The topological polar surface area (TPSA) is 96.0 Å². The molecule has 0 radical (unpaired) electrons. The first-order chi connectivity index (χ1) is 9.08. The third-order valence-electron chi connectivity index (χ3n) is 2.63. The van der Waals surface area contributed by atoms with Crippen LogP contribution in [0, 0.1) is 0 Å². The summed E-state index contributed by atoms with van der Waals surface area (Å²) in [5.41, 5.74) is 0.578. The summed E-state index contributed by atoms with van der Waals surface area (Å²) >= 11 is 17.9. The number of aromatic amines is 1. The normalized spacial score (nSPS) is 17.1. The zero-order valence-electron chi connectivity index (χ0n) is 9.12. The fourth-order valence-electron chi connectivity index (χ4n) is 1.80. The zero-order valence-corrected chi connectivity index (χ0v) is 11.4. The van der Waals surface area contributed by atoms with E-state index in [4.69, 9.17) is 39.5 Å². The summed E-state index contributed by atoms with van der Waals surface area (Å²) in [6.45, 7) is 0.